The van der Waals surface area contributed by atoms with Crippen LogP contribution in [0.3, 0.4) is 0 Å². The van der Waals surface area contributed by atoms with Gasteiger partial charge in [-0.15, -0.1) is 11.3 Å². The molecule has 1 atom stereocenters. The molecular formula is C15H19N3OS2. The number of nitrogens with zero attached hydrogens (tertiary/aromatic N) is 3. The van der Waals surface area contributed by atoms with Crippen molar-refractivity contribution in [1.82, 2.24) is 14.9 Å². The lowest BCUT2D eigenvalue weighted by Gasteiger charge is -2.18. The third-order valence-corrected chi connectivity index (χ3v) is 6.02. The number of rotatable bonds is 3. The minimum atomic E-state index is 0.115. The molecular weight excluding hydrogens is 302 g/mol. The Morgan fingerprint density at radius 2 is 2.29 bits per heavy atom. The van der Waals surface area contributed by atoms with Crippen molar-refractivity contribution in [3.8, 4) is 0 Å². The lowest BCUT2D eigenvalue weighted by molar-refractivity contribution is -0.125. The SMILES string of the molecule is CC1CCc2c(sc3ncnc(SCC(=O)N(C)C)c23)C1. The van der Waals surface area contributed by atoms with Gasteiger partial charge in [0, 0.05) is 24.4 Å². The lowest BCUT2D eigenvalue weighted by atomic mass is 9.89. The Balaban J connectivity index is 1.94. The highest BCUT2D eigenvalue weighted by Crippen LogP contribution is 2.40. The van der Waals surface area contributed by atoms with Crippen LogP contribution in [0.1, 0.15) is 23.8 Å². The van der Waals surface area contributed by atoms with Gasteiger partial charge in [-0.25, -0.2) is 9.97 Å². The van der Waals surface area contributed by atoms with Gasteiger partial charge >= 0.3 is 0 Å². The maximum atomic E-state index is 11.8. The Morgan fingerprint density at radius 1 is 1.48 bits per heavy atom. The fourth-order valence-electron chi connectivity index (χ4n) is 2.61. The molecule has 0 aliphatic heterocycles. The molecule has 0 fully saturated rings. The van der Waals surface area contributed by atoms with Crippen LogP contribution in [-0.2, 0) is 17.6 Å². The van der Waals surface area contributed by atoms with E-state index >= 15 is 0 Å². The highest BCUT2D eigenvalue weighted by atomic mass is 32.2. The molecule has 1 aliphatic carbocycles. The van der Waals surface area contributed by atoms with Crippen LogP contribution in [0.4, 0.5) is 0 Å². The van der Waals surface area contributed by atoms with E-state index in [0.717, 1.165) is 28.6 Å². The maximum Gasteiger partial charge on any atom is 0.232 e. The molecule has 3 rings (SSSR count). The maximum absolute atomic E-state index is 11.8. The number of hydrogen-bond acceptors (Lipinski definition) is 5. The molecule has 0 radical (unpaired) electrons. The first-order chi connectivity index (χ1) is 10.1. The molecule has 2 heterocycles. The topological polar surface area (TPSA) is 46.1 Å². The van der Waals surface area contributed by atoms with Crippen LogP contribution in [-0.4, -0.2) is 40.6 Å². The molecule has 1 amide bonds. The van der Waals surface area contributed by atoms with E-state index in [0.29, 0.717) is 5.75 Å². The van der Waals surface area contributed by atoms with Crippen LogP contribution >= 0.6 is 23.1 Å². The van der Waals surface area contributed by atoms with E-state index in [9.17, 15) is 4.79 Å². The van der Waals surface area contributed by atoms with Gasteiger partial charge < -0.3 is 4.90 Å². The van der Waals surface area contributed by atoms with Gasteiger partial charge in [-0.05, 0) is 30.7 Å². The van der Waals surface area contributed by atoms with E-state index < -0.39 is 0 Å². The van der Waals surface area contributed by atoms with Crippen LogP contribution in [0.25, 0.3) is 10.2 Å². The van der Waals surface area contributed by atoms with Crippen LogP contribution in [0.15, 0.2) is 11.4 Å². The summed E-state index contributed by atoms with van der Waals surface area (Å²) in [6.07, 6.45) is 5.11. The second-order valence-corrected chi connectivity index (χ2v) is 7.84. The van der Waals surface area contributed by atoms with E-state index in [-0.39, 0.29) is 5.91 Å². The van der Waals surface area contributed by atoms with Crippen molar-refractivity contribution in [3.63, 3.8) is 0 Å². The first-order valence-electron chi connectivity index (χ1n) is 7.14. The first-order valence-corrected chi connectivity index (χ1v) is 8.94. The van der Waals surface area contributed by atoms with Crippen molar-refractivity contribution in [2.24, 2.45) is 5.92 Å². The molecule has 1 aliphatic rings. The molecule has 2 aromatic rings. The van der Waals surface area contributed by atoms with Crippen molar-refractivity contribution in [2.45, 2.75) is 31.2 Å². The molecule has 0 spiro atoms. The monoisotopic (exact) mass is 321 g/mol. The fraction of sp³-hybridized carbons (Fsp3) is 0.533. The highest BCUT2D eigenvalue weighted by molar-refractivity contribution is 8.00. The molecule has 112 valence electrons. The summed E-state index contributed by atoms with van der Waals surface area (Å²) in [5, 5.41) is 2.16. The van der Waals surface area contributed by atoms with Gasteiger partial charge in [0.25, 0.3) is 0 Å². The van der Waals surface area contributed by atoms with Crippen molar-refractivity contribution < 1.29 is 4.79 Å². The Morgan fingerprint density at radius 3 is 3.05 bits per heavy atom. The average Bonchev–Trinajstić information content (AvgIpc) is 2.82. The zero-order valence-corrected chi connectivity index (χ0v) is 14.2. The number of hydrogen-bond donors (Lipinski definition) is 0. The number of aromatic nitrogens is 2. The van der Waals surface area contributed by atoms with Crippen molar-refractivity contribution >= 4 is 39.2 Å². The standard InChI is InChI=1S/C15H19N3OS2/c1-9-4-5-10-11(6-9)21-15-13(10)14(16-8-17-15)20-7-12(19)18(2)3/h8-9H,4-7H2,1-3H3. The number of carbonyl (C=O) groups excluding carboxylic acids is 1. The van der Waals surface area contributed by atoms with E-state index in [4.69, 9.17) is 0 Å². The largest absolute Gasteiger partial charge is 0.348 e. The van der Waals surface area contributed by atoms with E-state index in [1.807, 2.05) is 0 Å². The van der Waals surface area contributed by atoms with Gasteiger partial charge in [0.2, 0.25) is 5.91 Å². The average molecular weight is 321 g/mol. The number of thiophene rings is 1. The third-order valence-electron chi connectivity index (χ3n) is 3.89. The summed E-state index contributed by atoms with van der Waals surface area (Å²) >= 11 is 3.33. The van der Waals surface area contributed by atoms with Crippen LogP contribution in [0, 0.1) is 5.92 Å². The molecule has 4 nitrogen and oxygen atoms in total. The zero-order chi connectivity index (χ0) is 15.0. The van der Waals surface area contributed by atoms with Gasteiger partial charge in [-0.1, -0.05) is 18.7 Å². The van der Waals surface area contributed by atoms with Crippen LogP contribution in [0.5, 0.6) is 0 Å². The number of aryl methyl sites for hydroxylation is 1. The summed E-state index contributed by atoms with van der Waals surface area (Å²) in [7, 11) is 3.57. The highest BCUT2D eigenvalue weighted by Gasteiger charge is 2.23. The second-order valence-electron chi connectivity index (χ2n) is 5.79. The molecule has 2 aromatic heterocycles. The fourth-order valence-corrected chi connectivity index (χ4v) is 5.03. The smallest absolute Gasteiger partial charge is 0.232 e. The van der Waals surface area contributed by atoms with Gasteiger partial charge in [0.15, 0.2) is 0 Å². The van der Waals surface area contributed by atoms with E-state index in [1.165, 1.54) is 34.0 Å². The Bertz CT molecular complexity index is 681. The van der Waals surface area contributed by atoms with Crippen LogP contribution < -0.4 is 0 Å². The molecule has 0 saturated heterocycles. The van der Waals surface area contributed by atoms with E-state index in [1.54, 1.807) is 36.7 Å². The number of carbonyl (C=O) groups is 1. The van der Waals surface area contributed by atoms with Gasteiger partial charge in [0.1, 0.15) is 16.2 Å². The summed E-state index contributed by atoms with van der Waals surface area (Å²) in [5.74, 6) is 1.30. The van der Waals surface area contributed by atoms with Crippen molar-refractivity contribution in [2.75, 3.05) is 19.8 Å². The molecule has 0 bridgehead atoms. The van der Waals surface area contributed by atoms with Crippen molar-refractivity contribution in [1.29, 1.82) is 0 Å². The number of amides is 1. The summed E-state index contributed by atoms with van der Waals surface area (Å²) in [6, 6.07) is 0. The molecule has 21 heavy (non-hydrogen) atoms. The predicted molar refractivity (Wildman–Crippen MR) is 88.0 cm³/mol. The normalized spacial score (nSPS) is 17.8. The summed E-state index contributed by atoms with van der Waals surface area (Å²) in [5.41, 5.74) is 1.42. The van der Waals surface area contributed by atoms with Crippen molar-refractivity contribution in [3.05, 3.63) is 16.8 Å². The molecule has 0 aromatic carbocycles. The van der Waals surface area contributed by atoms with Gasteiger partial charge in [-0.2, -0.15) is 0 Å². The minimum Gasteiger partial charge on any atom is -0.348 e. The van der Waals surface area contributed by atoms with Gasteiger partial charge in [0.05, 0.1) is 5.75 Å². The summed E-state index contributed by atoms with van der Waals surface area (Å²) < 4.78 is 0. The Labute approximate surface area is 133 Å². The third kappa shape index (κ3) is 2.92. The Hall–Kier alpha value is -1.14. The minimum absolute atomic E-state index is 0.115. The molecule has 6 heteroatoms. The second kappa shape index (κ2) is 5.93. The molecule has 0 saturated carbocycles. The Kier molecular flexibility index (Phi) is 4.17. The van der Waals surface area contributed by atoms with Crippen LogP contribution in [0.2, 0.25) is 0 Å². The van der Waals surface area contributed by atoms with Gasteiger partial charge in [-0.3, -0.25) is 4.79 Å². The van der Waals surface area contributed by atoms with E-state index in [2.05, 4.69) is 16.9 Å². The zero-order valence-electron chi connectivity index (χ0n) is 12.5. The quantitative estimate of drug-likeness (QED) is 0.644. The number of thioether (sulfide) groups is 1. The first kappa shape index (κ1) is 14.8. The lowest BCUT2D eigenvalue weighted by Crippen LogP contribution is -2.23. The summed E-state index contributed by atoms with van der Waals surface area (Å²) in [4.78, 5) is 24.8. The molecule has 0 N–H and O–H groups in total. The number of fused-ring (bicyclic) bond motifs is 3. The predicted octanol–water partition coefficient (Wildman–Crippen LogP) is 3.00. The molecule has 1 unspecified atom stereocenters. The summed E-state index contributed by atoms with van der Waals surface area (Å²) in [6.45, 7) is 2.31.